The highest BCUT2D eigenvalue weighted by molar-refractivity contribution is 5.80. The first-order chi connectivity index (χ1) is 10.6. The predicted molar refractivity (Wildman–Crippen MR) is 84.7 cm³/mol. The molecule has 116 valence electrons. The maximum Gasteiger partial charge on any atom is 0.261 e. The van der Waals surface area contributed by atoms with Crippen molar-refractivity contribution >= 4 is 11.9 Å². The van der Waals surface area contributed by atoms with Crippen molar-refractivity contribution in [2.24, 2.45) is 0 Å². The molecule has 0 saturated carbocycles. The third-order valence-corrected chi connectivity index (χ3v) is 2.97. The summed E-state index contributed by atoms with van der Waals surface area (Å²) in [7, 11) is 3.74. The number of rotatable bonds is 6. The van der Waals surface area contributed by atoms with Gasteiger partial charge in [-0.3, -0.25) is 4.79 Å². The molecule has 0 aliphatic rings. The van der Waals surface area contributed by atoms with Crippen LogP contribution in [0.2, 0.25) is 0 Å². The van der Waals surface area contributed by atoms with Gasteiger partial charge >= 0.3 is 0 Å². The van der Waals surface area contributed by atoms with E-state index in [1.165, 1.54) is 0 Å². The van der Waals surface area contributed by atoms with E-state index in [0.717, 1.165) is 5.69 Å². The number of anilines is 1. The summed E-state index contributed by atoms with van der Waals surface area (Å²) in [6, 6.07) is 11.0. The summed E-state index contributed by atoms with van der Waals surface area (Å²) >= 11 is 0. The monoisotopic (exact) mass is 300 g/mol. The van der Waals surface area contributed by atoms with Gasteiger partial charge in [-0.15, -0.1) is 0 Å². The molecule has 2 aromatic rings. The lowest BCUT2D eigenvalue weighted by molar-refractivity contribution is -0.127. The minimum absolute atomic E-state index is 0.186. The van der Waals surface area contributed by atoms with Gasteiger partial charge in [0.05, 0.1) is 12.2 Å². The summed E-state index contributed by atoms with van der Waals surface area (Å²) in [5, 5.41) is 2.81. The summed E-state index contributed by atoms with van der Waals surface area (Å²) in [6.45, 7) is 2.05. The van der Waals surface area contributed by atoms with Crippen molar-refractivity contribution in [3.63, 3.8) is 0 Å². The van der Waals surface area contributed by atoms with Crippen LogP contribution in [0.1, 0.15) is 12.6 Å². The highest BCUT2D eigenvalue weighted by Crippen LogP contribution is 2.11. The average molecular weight is 300 g/mol. The van der Waals surface area contributed by atoms with Gasteiger partial charge in [0.25, 0.3) is 5.91 Å². The van der Waals surface area contributed by atoms with E-state index in [1.807, 2.05) is 49.3 Å². The lowest BCUT2D eigenvalue weighted by Crippen LogP contribution is -2.36. The van der Waals surface area contributed by atoms with E-state index in [1.54, 1.807) is 19.2 Å². The fourth-order valence-electron chi connectivity index (χ4n) is 1.78. The molecule has 1 N–H and O–H groups in total. The molecule has 0 radical (unpaired) electrons. The molecule has 0 saturated heterocycles. The number of aromatic nitrogens is 2. The zero-order valence-corrected chi connectivity index (χ0v) is 13.0. The molecule has 2 rings (SSSR count). The molecule has 1 amide bonds. The predicted octanol–water partition coefficient (Wildman–Crippen LogP) is 1.63. The topological polar surface area (TPSA) is 67.3 Å². The second kappa shape index (κ2) is 7.40. The van der Waals surface area contributed by atoms with Crippen LogP contribution in [-0.2, 0) is 11.3 Å². The van der Waals surface area contributed by atoms with E-state index < -0.39 is 6.10 Å². The van der Waals surface area contributed by atoms with E-state index in [2.05, 4.69) is 15.3 Å². The molecule has 22 heavy (non-hydrogen) atoms. The first-order valence-corrected chi connectivity index (χ1v) is 7.05. The molecule has 0 fully saturated rings. The van der Waals surface area contributed by atoms with Gasteiger partial charge in [0.15, 0.2) is 6.10 Å². The molecule has 1 aromatic heterocycles. The van der Waals surface area contributed by atoms with Crippen molar-refractivity contribution in [1.82, 2.24) is 15.3 Å². The molecule has 6 nitrogen and oxygen atoms in total. The number of carbonyl (C=O) groups is 1. The summed E-state index contributed by atoms with van der Waals surface area (Å²) in [6.07, 6.45) is 1.10. The molecule has 0 bridgehead atoms. The van der Waals surface area contributed by atoms with Crippen LogP contribution in [0.3, 0.4) is 0 Å². The van der Waals surface area contributed by atoms with E-state index in [4.69, 9.17) is 4.74 Å². The number of carbonyl (C=O) groups excluding carboxylic acids is 1. The minimum Gasteiger partial charge on any atom is -0.481 e. The molecule has 0 aliphatic carbocycles. The van der Waals surface area contributed by atoms with Crippen molar-refractivity contribution in [2.45, 2.75) is 19.6 Å². The van der Waals surface area contributed by atoms with E-state index in [0.29, 0.717) is 18.2 Å². The first-order valence-electron chi connectivity index (χ1n) is 7.05. The molecule has 1 aromatic carbocycles. The Labute approximate surface area is 130 Å². The largest absolute Gasteiger partial charge is 0.481 e. The average Bonchev–Trinajstić information content (AvgIpc) is 2.53. The van der Waals surface area contributed by atoms with Gasteiger partial charge in [0.2, 0.25) is 5.95 Å². The summed E-state index contributed by atoms with van der Waals surface area (Å²) in [4.78, 5) is 22.3. The van der Waals surface area contributed by atoms with Crippen LogP contribution in [0.15, 0.2) is 42.6 Å². The van der Waals surface area contributed by atoms with Crippen molar-refractivity contribution in [3.05, 3.63) is 48.3 Å². The lowest BCUT2D eigenvalue weighted by Gasteiger charge is -2.15. The van der Waals surface area contributed by atoms with Crippen molar-refractivity contribution in [3.8, 4) is 5.75 Å². The maximum atomic E-state index is 12.0. The lowest BCUT2D eigenvalue weighted by atomic mass is 10.3. The highest BCUT2D eigenvalue weighted by Gasteiger charge is 2.14. The quantitative estimate of drug-likeness (QED) is 0.878. The van der Waals surface area contributed by atoms with Crippen LogP contribution in [-0.4, -0.2) is 36.1 Å². The van der Waals surface area contributed by atoms with Crippen molar-refractivity contribution in [2.75, 3.05) is 19.0 Å². The zero-order valence-electron chi connectivity index (χ0n) is 13.0. The van der Waals surface area contributed by atoms with Crippen LogP contribution >= 0.6 is 0 Å². The van der Waals surface area contributed by atoms with Gasteiger partial charge in [-0.05, 0) is 25.1 Å². The highest BCUT2D eigenvalue weighted by atomic mass is 16.5. The first kappa shape index (κ1) is 15.8. The van der Waals surface area contributed by atoms with Crippen LogP contribution in [0, 0.1) is 0 Å². The van der Waals surface area contributed by atoms with Gasteiger partial charge in [-0.25, -0.2) is 9.97 Å². The Balaban J connectivity index is 1.88. The van der Waals surface area contributed by atoms with Crippen molar-refractivity contribution in [1.29, 1.82) is 0 Å². The standard InChI is InChI=1S/C16H20N4O2/c1-12(22-14-7-5-4-6-8-14)15(21)18-11-13-9-10-17-16(19-13)20(2)3/h4-10,12H,11H2,1-3H3,(H,18,21)/t12-/m1/s1. The van der Waals surface area contributed by atoms with Gasteiger partial charge in [-0.2, -0.15) is 0 Å². The van der Waals surface area contributed by atoms with Crippen molar-refractivity contribution < 1.29 is 9.53 Å². The third-order valence-electron chi connectivity index (χ3n) is 2.97. The number of amides is 1. The summed E-state index contributed by atoms with van der Waals surface area (Å²) < 4.78 is 5.57. The Morgan fingerprint density at radius 3 is 2.68 bits per heavy atom. The Kier molecular flexibility index (Phi) is 5.30. The van der Waals surface area contributed by atoms with Gasteiger partial charge < -0.3 is 15.0 Å². The van der Waals surface area contributed by atoms with Crippen LogP contribution in [0.25, 0.3) is 0 Å². The molecule has 0 spiro atoms. The van der Waals surface area contributed by atoms with E-state index >= 15 is 0 Å². The normalized spacial score (nSPS) is 11.6. The summed E-state index contributed by atoms with van der Waals surface area (Å²) in [5.41, 5.74) is 0.749. The fourth-order valence-corrected chi connectivity index (χ4v) is 1.78. The SMILES string of the molecule is C[C@@H](Oc1ccccc1)C(=O)NCc1ccnc(N(C)C)n1. The third kappa shape index (κ3) is 4.44. The molecule has 0 aliphatic heterocycles. The van der Waals surface area contributed by atoms with Crippen LogP contribution < -0.4 is 15.0 Å². The van der Waals surface area contributed by atoms with E-state index in [9.17, 15) is 4.79 Å². The molecule has 0 unspecified atom stereocenters. The molecule has 1 heterocycles. The van der Waals surface area contributed by atoms with Crippen LogP contribution in [0.4, 0.5) is 5.95 Å². The van der Waals surface area contributed by atoms with Gasteiger partial charge in [-0.1, -0.05) is 18.2 Å². The second-order valence-electron chi connectivity index (χ2n) is 5.03. The Bertz CT molecular complexity index is 617. The Morgan fingerprint density at radius 2 is 2.00 bits per heavy atom. The number of hydrogen-bond donors (Lipinski definition) is 1. The molecule has 6 heteroatoms. The number of ether oxygens (including phenoxy) is 1. The minimum atomic E-state index is -0.572. The smallest absolute Gasteiger partial charge is 0.261 e. The van der Waals surface area contributed by atoms with Gasteiger partial charge in [0.1, 0.15) is 5.75 Å². The fraction of sp³-hybridized carbons (Fsp3) is 0.312. The number of benzene rings is 1. The molecular formula is C16H20N4O2. The van der Waals surface area contributed by atoms with Crippen LogP contribution in [0.5, 0.6) is 5.75 Å². The molecule has 1 atom stereocenters. The van der Waals surface area contributed by atoms with Gasteiger partial charge in [0, 0.05) is 20.3 Å². The Hall–Kier alpha value is -2.63. The van der Waals surface area contributed by atoms with E-state index in [-0.39, 0.29) is 5.91 Å². The number of nitrogens with one attached hydrogen (secondary N) is 1. The number of nitrogens with zero attached hydrogens (tertiary/aromatic N) is 3. The maximum absolute atomic E-state index is 12.0. The number of hydrogen-bond acceptors (Lipinski definition) is 5. The number of para-hydroxylation sites is 1. The Morgan fingerprint density at radius 1 is 1.27 bits per heavy atom. The summed E-state index contributed by atoms with van der Waals surface area (Å²) in [5.74, 6) is 1.09. The zero-order chi connectivity index (χ0) is 15.9. The molecular weight excluding hydrogens is 280 g/mol. The second-order valence-corrected chi connectivity index (χ2v) is 5.03.